The molecule has 0 spiro atoms. The first-order valence-electron chi connectivity index (χ1n) is 4.17. The molecule has 0 amide bonds. The summed E-state index contributed by atoms with van der Waals surface area (Å²) in [5.41, 5.74) is 7.40. The molecule has 92 valence electrons. The smallest absolute Gasteiger partial charge is 0.370 e. The number of nitrogens with zero attached hydrogens (tertiary/aromatic N) is 2. The second kappa shape index (κ2) is 4.28. The summed E-state index contributed by atoms with van der Waals surface area (Å²) in [5, 5.41) is 10.4. The molecule has 1 aromatic carbocycles. The highest BCUT2D eigenvalue weighted by Crippen LogP contribution is 2.38. The summed E-state index contributed by atoms with van der Waals surface area (Å²) in [6.45, 7) is 0. The van der Waals surface area contributed by atoms with Gasteiger partial charge in [0.25, 0.3) is 5.69 Å². The van der Waals surface area contributed by atoms with Crippen molar-refractivity contribution in [3.05, 3.63) is 33.9 Å². The van der Waals surface area contributed by atoms with Crippen molar-refractivity contribution in [3.8, 4) is 0 Å². The number of hydrogen-bond acceptors (Lipinski definition) is 3. The van der Waals surface area contributed by atoms with E-state index in [1.54, 1.807) is 0 Å². The van der Waals surface area contributed by atoms with E-state index >= 15 is 0 Å². The molecule has 17 heavy (non-hydrogen) atoms. The molecule has 0 saturated carbocycles. The molecule has 0 bridgehead atoms. The Morgan fingerprint density at radius 1 is 1.35 bits per heavy atom. The van der Waals surface area contributed by atoms with E-state index in [1.165, 1.54) is 0 Å². The molecule has 0 aliphatic rings. The maximum Gasteiger partial charge on any atom is 0.418 e. The van der Waals surface area contributed by atoms with Crippen molar-refractivity contribution in [2.75, 3.05) is 0 Å². The van der Waals surface area contributed by atoms with Gasteiger partial charge in [0.2, 0.25) is 0 Å². The summed E-state index contributed by atoms with van der Waals surface area (Å²) < 4.78 is 37.7. The van der Waals surface area contributed by atoms with Gasteiger partial charge in [-0.05, 0) is 6.07 Å². The van der Waals surface area contributed by atoms with Crippen LogP contribution >= 0.6 is 0 Å². The molecule has 9 heteroatoms. The molecular formula is C8H7F3N4O2. The van der Waals surface area contributed by atoms with Gasteiger partial charge in [0, 0.05) is 12.1 Å². The Hall–Kier alpha value is -2.32. The molecule has 1 aromatic rings. The summed E-state index contributed by atoms with van der Waals surface area (Å²) in [5.74, 6) is -0.565. The van der Waals surface area contributed by atoms with Crippen molar-refractivity contribution in [3.63, 3.8) is 0 Å². The third-order valence-electron chi connectivity index (χ3n) is 1.75. The van der Waals surface area contributed by atoms with Crippen LogP contribution in [-0.4, -0.2) is 10.9 Å². The lowest BCUT2D eigenvalue weighted by Crippen LogP contribution is -2.22. The van der Waals surface area contributed by atoms with Gasteiger partial charge in [0.1, 0.15) is 0 Å². The van der Waals surface area contributed by atoms with Crippen LogP contribution in [-0.2, 0) is 6.18 Å². The number of halogens is 3. The third-order valence-corrected chi connectivity index (χ3v) is 1.75. The molecule has 0 aliphatic heterocycles. The van der Waals surface area contributed by atoms with Gasteiger partial charge in [0.15, 0.2) is 5.96 Å². The van der Waals surface area contributed by atoms with E-state index in [4.69, 9.17) is 11.5 Å². The fourth-order valence-electron chi connectivity index (χ4n) is 1.10. The Labute approximate surface area is 92.9 Å². The first kappa shape index (κ1) is 12.7. The monoisotopic (exact) mass is 248 g/mol. The standard InChI is InChI=1S/C8H7F3N4O2/c9-8(10,11)5-3-4(15(16)17)1-2-6(5)14-7(12)13/h1-3H,(H4,12,13,14). The Bertz CT molecular complexity index is 480. The zero-order chi connectivity index (χ0) is 13.2. The van der Waals surface area contributed by atoms with Crippen molar-refractivity contribution in [1.82, 2.24) is 0 Å². The van der Waals surface area contributed by atoms with Crippen LogP contribution in [0.4, 0.5) is 24.5 Å². The van der Waals surface area contributed by atoms with Crippen LogP contribution < -0.4 is 11.5 Å². The van der Waals surface area contributed by atoms with E-state index in [0.29, 0.717) is 6.07 Å². The van der Waals surface area contributed by atoms with Gasteiger partial charge >= 0.3 is 6.18 Å². The lowest BCUT2D eigenvalue weighted by Gasteiger charge is -2.09. The molecule has 0 unspecified atom stereocenters. The SMILES string of the molecule is NC(N)=Nc1ccc([N+](=O)[O-])cc1C(F)(F)F. The van der Waals surface area contributed by atoms with Crippen molar-refractivity contribution in [2.45, 2.75) is 6.18 Å². The first-order chi connectivity index (χ1) is 7.71. The van der Waals surface area contributed by atoms with Crippen molar-refractivity contribution < 1.29 is 18.1 Å². The first-order valence-corrected chi connectivity index (χ1v) is 4.17. The van der Waals surface area contributed by atoms with E-state index in [2.05, 4.69) is 4.99 Å². The minimum absolute atomic E-state index is 0.377. The van der Waals surface area contributed by atoms with E-state index in [-0.39, 0.29) is 0 Å². The quantitative estimate of drug-likeness (QED) is 0.358. The number of non-ortho nitro benzene ring substituents is 1. The summed E-state index contributed by atoms with van der Waals surface area (Å²) in [6.07, 6.45) is -4.78. The zero-order valence-corrected chi connectivity index (χ0v) is 8.23. The lowest BCUT2D eigenvalue weighted by molar-refractivity contribution is -0.385. The number of hydrogen-bond donors (Lipinski definition) is 2. The molecule has 0 aliphatic carbocycles. The van der Waals surface area contributed by atoms with Gasteiger partial charge in [-0.3, -0.25) is 10.1 Å². The summed E-state index contributed by atoms with van der Waals surface area (Å²) in [7, 11) is 0. The van der Waals surface area contributed by atoms with Gasteiger partial charge < -0.3 is 11.5 Å². The second-order valence-corrected chi connectivity index (χ2v) is 2.99. The molecule has 0 aromatic heterocycles. The number of nitrogens with two attached hydrogens (primary N) is 2. The minimum atomic E-state index is -4.78. The van der Waals surface area contributed by atoms with Gasteiger partial charge in [-0.1, -0.05) is 0 Å². The lowest BCUT2D eigenvalue weighted by atomic mass is 10.1. The van der Waals surface area contributed by atoms with Crippen molar-refractivity contribution in [1.29, 1.82) is 0 Å². The van der Waals surface area contributed by atoms with E-state index < -0.39 is 34.0 Å². The van der Waals surface area contributed by atoms with Crippen LogP contribution in [0.5, 0.6) is 0 Å². The third kappa shape index (κ3) is 3.06. The molecule has 0 heterocycles. The number of guanidine groups is 1. The summed E-state index contributed by atoms with van der Waals surface area (Å²) >= 11 is 0. The average Bonchev–Trinajstić information content (AvgIpc) is 2.15. The number of rotatable bonds is 2. The number of benzene rings is 1. The highest BCUT2D eigenvalue weighted by Gasteiger charge is 2.35. The van der Waals surface area contributed by atoms with E-state index in [1.807, 2.05) is 0 Å². The van der Waals surface area contributed by atoms with Crippen molar-refractivity contribution >= 4 is 17.3 Å². The molecule has 4 N–H and O–H groups in total. The molecule has 1 rings (SSSR count). The molecule has 0 fully saturated rings. The Morgan fingerprint density at radius 2 is 1.94 bits per heavy atom. The predicted octanol–water partition coefficient (Wildman–Crippen LogP) is 1.52. The van der Waals surface area contributed by atoms with Crippen LogP contribution in [0.2, 0.25) is 0 Å². The fourth-order valence-corrected chi connectivity index (χ4v) is 1.10. The maximum absolute atomic E-state index is 12.6. The second-order valence-electron chi connectivity index (χ2n) is 2.99. The summed E-state index contributed by atoms with van der Waals surface area (Å²) in [4.78, 5) is 12.7. The highest BCUT2D eigenvalue weighted by molar-refractivity contribution is 5.79. The Balaban J connectivity index is 3.42. The maximum atomic E-state index is 12.6. The van der Waals surface area contributed by atoms with Crippen LogP contribution in [0, 0.1) is 10.1 Å². The Kier molecular flexibility index (Phi) is 3.21. The van der Waals surface area contributed by atoms with Crippen LogP contribution in [0.25, 0.3) is 0 Å². The van der Waals surface area contributed by atoms with Gasteiger partial charge in [-0.25, -0.2) is 4.99 Å². The number of aliphatic imine (C=N–C) groups is 1. The topological polar surface area (TPSA) is 108 Å². The van der Waals surface area contributed by atoms with Gasteiger partial charge in [0.05, 0.1) is 16.2 Å². The van der Waals surface area contributed by atoms with Crippen LogP contribution in [0.3, 0.4) is 0 Å². The van der Waals surface area contributed by atoms with E-state index in [9.17, 15) is 23.3 Å². The van der Waals surface area contributed by atoms with E-state index in [0.717, 1.165) is 12.1 Å². The summed E-state index contributed by atoms with van der Waals surface area (Å²) in [6, 6.07) is 2.10. The molecular weight excluding hydrogens is 241 g/mol. The predicted molar refractivity (Wildman–Crippen MR) is 53.6 cm³/mol. The molecule has 0 saturated heterocycles. The molecule has 6 nitrogen and oxygen atoms in total. The average molecular weight is 248 g/mol. The van der Waals surface area contributed by atoms with Crippen molar-refractivity contribution in [2.24, 2.45) is 16.5 Å². The highest BCUT2D eigenvalue weighted by atomic mass is 19.4. The largest absolute Gasteiger partial charge is 0.418 e. The van der Waals surface area contributed by atoms with Crippen LogP contribution in [0.15, 0.2) is 23.2 Å². The molecule has 0 atom stereocenters. The van der Waals surface area contributed by atoms with Gasteiger partial charge in [-0.2, -0.15) is 13.2 Å². The Morgan fingerprint density at radius 3 is 2.35 bits per heavy atom. The normalized spacial score (nSPS) is 11.0. The number of nitro groups is 1. The van der Waals surface area contributed by atoms with Crippen LogP contribution in [0.1, 0.15) is 5.56 Å². The zero-order valence-electron chi connectivity index (χ0n) is 8.23. The fraction of sp³-hybridized carbons (Fsp3) is 0.125. The number of alkyl halides is 3. The number of nitro benzene ring substituents is 1. The minimum Gasteiger partial charge on any atom is -0.370 e. The van der Waals surface area contributed by atoms with Gasteiger partial charge in [-0.15, -0.1) is 0 Å². The molecule has 0 radical (unpaired) electrons.